The Kier molecular flexibility index (Phi) is 9.11. The zero-order chi connectivity index (χ0) is 46.2. The second-order valence-electron chi connectivity index (χ2n) is 18.4. The average molecular weight is 893 g/mol. The van der Waals surface area contributed by atoms with Crippen LogP contribution >= 0.6 is 0 Å². The topological polar surface area (TPSA) is 21.3 Å². The average Bonchev–Trinajstić information content (AvgIpc) is 4.09. The highest BCUT2D eigenvalue weighted by Gasteiger charge is 2.46. The number of fused-ring (bicyclic) bond motifs is 9. The fraction of sp³-hybridized carbons (Fsp3) is 0.0149. The Morgan fingerprint density at radius 3 is 1.70 bits per heavy atom. The normalized spacial score (nSPS) is 14.1. The van der Waals surface area contributed by atoms with Crippen molar-refractivity contribution in [3.05, 3.63) is 289 Å². The maximum Gasteiger partial charge on any atom is 0.143 e. The molecule has 0 radical (unpaired) electrons. The lowest BCUT2D eigenvalue weighted by molar-refractivity contribution is 0.670. The molecule has 1 aliphatic carbocycles. The first kappa shape index (κ1) is 39.9. The first-order valence-electron chi connectivity index (χ1n) is 24.1. The Balaban J connectivity index is 0.981. The molecule has 1 aliphatic rings. The van der Waals surface area contributed by atoms with E-state index in [0.29, 0.717) is 0 Å². The lowest BCUT2D eigenvalue weighted by Crippen LogP contribution is -2.28. The molecule has 0 N–H and O–H groups in total. The third kappa shape index (κ3) is 6.08. The maximum absolute atomic E-state index is 6.55. The van der Waals surface area contributed by atoms with Crippen molar-refractivity contribution in [2.45, 2.75) is 5.41 Å². The number of hydrogen-bond acceptors (Lipinski definition) is 2. The molecule has 0 fully saturated rings. The van der Waals surface area contributed by atoms with Crippen molar-refractivity contribution in [1.29, 1.82) is 0 Å². The number of anilines is 3. The van der Waals surface area contributed by atoms with Gasteiger partial charge in [0.15, 0.2) is 0 Å². The third-order valence-corrected chi connectivity index (χ3v) is 14.7. The fourth-order valence-corrected chi connectivity index (χ4v) is 11.6. The molecule has 1 unspecified atom stereocenters. The Bertz CT molecular complexity index is 4100. The van der Waals surface area contributed by atoms with Crippen molar-refractivity contribution in [3.63, 3.8) is 0 Å². The summed E-state index contributed by atoms with van der Waals surface area (Å²) in [7, 11) is 0. The molecule has 3 nitrogen and oxygen atoms in total. The summed E-state index contributed by atoms with van der Waals surface area (Å²) in [6.45, 7) is 0. The summed E-state index contributed by atoms with van der Waals surface area (Å²) in [6.07, 6.45) is 0. The number of furan rings is 1. The van der Waals surface area contributed by atoms with Crippen LogP contribution in [0.1, 0.15) is 22.3 Å². The van der Waals surface area contributed by atoms with Gasteiger partial charge in [0.1, 0.15) is 11.2 Å². The van der Waals surface area contributed by atoms with Crippen LogP contribution in [0.25, 0.3) is 82.8 Å². The number of benzene rings is 11. The first-order valence-corrected chi connectivity index (χ1v) is 24.1. The quantitative estimate of drug-likeness (QED) is 0.152. The zero-order valence-corrected chi connectivity index (χ0v) is 38.2. The van der Waals surface area contributed by atoms with Crippen LogP contribution in [0.15, 0.2) is 271 Å². The van der Waals surface area contributed by atoms with Gasteiger partial charge in [-0.05, 0) is 117 Å². The fourth-order valence-electron chi connectivity index (χ4n) is 11.6. The van der Waals surface area contributed by atoms with Gasteiger partial charge in [0.05, 0.1) is 16.4 Å². The van der Waals surface area contributed by atoms with E-state index in [2.05, 4.69) is 270 Å². The van der Waals surface area contributed by atoms with Crippen LogP contribution in [0.3, 0.4) is 0 Å². The van der Waals surface area contributed by atoms with Crippen LogP contribution in [-0.2, 0) is 5.41 Å². The van der Waals surface area contributed by atoms with Crippen LogP contribution in [-0.4, -0.2) is 4.57 Å². The largest absolute Gasteiger partial charge is 0.455 e. The minimum absolute atomic E-state index is 0.622. The molecule has 14 rings (SSSR count). The maximum atomic E-state index is 6.55. The molecule has 0 saturated heterocycles. The van der Waals surface area contributed by atoms with Gasteiger partial charge in [-0.25, -0.2) is 0 Å². The van der Waals surface area contributed by atoms with E-state index in [1.807, 2.05) is 6.07 Å². The summed E-state index contributed by atoms with van der Waals surface area (Å²) in [6, 6.07) is 97.4. The predicted molar refractivity (Wildman–Crippen MR) is 291 cm³/mol. The van der Waals surface area contributed by atoms with Gasteiger partial charge in [-0.1, -0.05) is 200 Å². The van der Waals surface area contributed by atoms with Gasteiger partial charge in [-0.15, -0.1) is 0 Å². The second-order valence-corrected chi connectivity index (χ2v) is 18.4. The second kappa shape index (κ2) is 16.0. The molecule has 11 aromatic carbocycles. The van der Waals surface area contributed by atoms with Crippen molar-refractivity contribution in [2.75, 3.05) is 4.90 Å². The lowest BCUT2D eigenvalue weighted by Gasteiger charge is -2.35. The number of para-hydroxylation sites is 4. The Hall–Kier alpha value is -9.18. The molecule has 0 aliphatic heterocycles. The van der Waals surface area contributed by atoms with Crippen molar-refractivity contribution in [2.24, 2.45) is 0 Å². The molecule has 70 heavy (non-hydrogen) atoms. The van der Waals surface area contributed by atoms with Crippen LogP contribution in [0.5, 0.6) is 0 Å². The van der Waals surface area contributed by atoms with Gasteiger partial charge < -0.3 is 13.9 Å². The van der Waals surface area contributed by atoms with Gasteiger partial charge in [-0.3, -0.25) is 0 Å². The van der Waals surface area contributed by atoms with E-state index in [1.54, 1.807) is 0 Å². The van der Waals surface area contributed by atoms with Crippen LogP contribution < -0.4 is 4.90 Å². The summed E-state index contributed by atoms with van der Waals surface area (Å²) in [4.78, 5) is 2.44. The minimum Gasteiger partial charge on any atom is -0.455 e. The van der Waals surface area contributed by atoms with E-state index in [9.17, 15) is 0 Å². The Morgan fingerprint density at radius 1 is 0.329 bits per heavy atom. The SMILES string of the molecule is c1ccc(-c2ccc(N(c3ccc4c(c3)C(c3ccccc3)(c3ccc(-c5cccc6c5oc5ccccc56)cc3)c3ccccc3-4)c3ccc4c(c3)c3ccccc3n4-c3ccccc3)cc2)cc1. The predicted octanol–water partition coefficient (Wildman–Crippen LogP) is 17.8. The van der Waals surface area contributed by atoms with E-state index in [-0.39, 0.29) is 0 Å². The van der Waals surface area contributed by atoms with Crippen LogP contribution in [0.2, 0.25) is 0 Å². The van der Waals surface area contributed by atoms with Gasteiger partial charge in [0, 0.05) is 49.9 Å². The van der Waals surface area contributed by atoms with Crippen molar-refractivity contribution < 1.29 is 4.42 Å². The summed E-state index contributed by atoms with van der Waals surface area (Å²) in [5, 5.41) is 4.68. The highest BCUT2D eigenvalue weighted by atomic mass is 16.3. The van der Waals surface area contributed by atoms with E-state index in [4.69, 9.17) is 4.42 Å². The minimum atomic E-state index is -0.622. The van der Waals surface area contributed by atoms with Gasteiger partial charge >= 0.3 is 0 Å². The van der Waals surface area contributed by atoms with Gasteiger partial charge in [0.2, 0.25) is 0 Å². The number of hydrogen-bond donors (Lipinski definition) is 0. The molecule has 0 spiro atoms. The molecule has 0 bridgehead atoms. The highest BCUT2D eigenvalue weighted by molar-refractivity contribution is 6.11. The van der Waals surface area contributed by atoms with Crippen molar-refractivity contribution in [3.8, 4) is 39.1 Å². The molecule has 328 valence electrons. The van der Waals surface area contributed by atoms with Gasteiger partial charge in [-0.2, -0.15) is 0 Å². The smallest absolute Gasteiger partial charge is 0.143 e. The molecule has 0 amide bonds. The highest BCUT2D eigenvalue weighted by Crippen LogP contribution is 2.57. The van der Waals surface area contributed by atoms with Crippen molar-refractivity contribution in [1.82, 2.24) is 4.57 Å². The van der Waals surface area contributed by atoms with Crippen LogP contribution in [0.4, 0.5) is 17.1 Å². The van der Waals surface area contributed by atoms with Crippen LogP contribution in [0, 0.1) is 0 Å². The monoisotopic (exact) mass is 892 g/mol. The third-order valence-electron chi connectivity index (χ3n) is 14.7. The zero-order valence-electron chi connectivity index (χ0n) is 38.2. The van der Waals surface area contributed by atoms with E-state index >= 15 is 0 Å². The molecule has 2 aromatic heterocycles. The molecule has 3 heteroatoms. The molecule has 13 aromatic rings. The number of aromatic nitrogens is 1. The van der Waals surface area contributed by atoms with E-state index in [0.717, 1.165) is 55.8 Å². The standard InChI is InChI=1S/C67H44N2O/c1-4-17-45(18-5-1)46-33-37-51(38-34-46)68(52-40-42-64-60(43-52)57-24-11-14-29-63(57)69(64)50-21-8-3-9-22-50)53-39-41-56-55-23-10-13-28-61(55)67(62(56)44-53,48-19-6-2-7-20-48)49-35-31-47(32-36-49)54-26-16-27-59-58-25-12-15-30-65(58)70-66(54)59/h1-44H. The Morgan fingerprint density at radius 2 is 0.886 bits per heavy atom. The molecule has 1 atom stereocenters. The molecular formula is C67H44N2O. The first-order chi connectivity index (χ1) is 34.7. The van der Waals surface area contributed by atoms with E-state index < -0.39 is 5.41 Å². The molecule has 2 heterocycles. The lowest BCUT2D eigenvalue weighted by atomic mass is 9.67. The Labute approximate surface area is 406 Å². The number of rotatable bonds is 8. The number of nitrogens with zero attached hydrogens (tertiary/aromatic N) is 2. The summed E-state index contributed by atoms with van der Waals surface area (Å²) >= 11 is 0. The summed E-state index contributed by atoms with van der Waals surface area (Å²) in [5.41, 5.74) is 19.9. The van der Waals surface area contributed by atoms with Crippen molar-refractivity contribution >= 4 is 60.8 Å². The van der Waals surface area contributed by atoms with Gasteiger partial charge in [0.25, 0.3) is 0 Å². The molecule has 0 saturated carbocycles. The van der Waals surface area contributed by atoms with E-state index in [1.165, 1.54) is 66.3 Å². The summed E-state index contributed by atoms with van der Waals surface area (Å²) in [5.74, 6) is 0. The summed E-state index contributed by atoms with van der Waals surface area (Å²) < 4.78 is 8.93. The molecular weight excluding hydrogens is 849 g/mol.